The second-order valence-corrected chi connectivity index (χ2v) is 4.03. The molecular formula is C9H20N3O+. The number of nitrogens with two attached hydrogens (primary N) is 1. The summed E-state index contributed by atoms with van der Waals surface area (Å²) < 4.78 is 0.875. The van der Waals surface area contributed by atoms with E-state index in [1.165, 1.54) is 0 Å². The summed E-state index contributed by atoms with van der Waals surface area (Å²) in [6.07, 6.45) is 0. The van der Waals surface area contributed by atoms with Crippen molar-refractivity contribution in [1.29, 1.82) is 0 Å². The Labute approximate surface area is 79.9 Å². The van der Waals surface area contributed by atoms with Gasteiger partial charge in [0.05, 0.1) is 19.6 Å². The van der Waals surface area contributed by atoms with E-state index in [0.717, 1.165) is 37.2 Å². The van der Waals surface area contributed by atoms with Crippen LogP contribution in [0.2, 0.25) is 0 Å². The molecule has 13 heavy (non-hydrogen) atoms. The number of hydrogen-bond donors (Lipinski definition) is 1. The number of likely N-dealkylation sites (N-methyl/N-ethyl adjacent to an activating group) is 2. The van der Waals surface area contributed by atoms with Crippen molar-refractivity contribution >= 4 is 5.91 Å². The second-order valence-electron chi connectivity index (χ2n) is 4.03. The Morgan fingerprint density at radius 1 is 1.46 bits per heavy atom. The van der Waals surface area contributed by atoms with Gasteiger partial charge in [0.2, 0.25) is 0 Å². The first-order chi connectivity index (χ1) is 6.08. The van der Waals surface area contributed by atoms with Crippen LogP contribution in [0.25, 0.3) is 0 Å². The largest absolute Gasteiger partial charge is 0.365 e. The summed E-state index contributed by atoms with van der Waals surface area (Å²) in [7, 11) is 2.12. The Bertz CT molecular complexity index is 185. The highest BCUT2D eigenvalue weighted by atomic mass is 16.1. The molecule has 1 aliphatic rings. The molecule has 0 saturated carbocycles. The molecule has 76 valence electrons. The SMILES string of the molecule is CC[N+]1(CC(N)=O)CCN(C)CC1. The number of rotatable bonds is 3. The highest BCUT2D eigenvalue weighted by Crippen LogP contribution is 2.10. The van der Waals surface area contributed by atoms with Crippen LogP contribution in [0.5, 0.6) is 0 Å². The molecule has 0 bridgehead atoms. The van der Waals surface area contributed by atoms with Crippen LogP contribution in [0.3, 0.4) is 0 Å². The number of carbonyl (C=O) groups is 1. The molecule has 1 heterocycles. The van der Waals surface area contributed by atoms with E-state index >= 15 is 0 Å². The molecule has 1 fully saturated rings. The fourth-order valence-electron chi connectivity index (χ4n) is 1.91. The maximum Gasteiger partial charge on any atom is 0.272 e. The number of quaternary nitrogens is 1. The average molecular weight is 186 g/mol. The third-order valence-electron chi connectivity index (χ3n) is 3.07. The topological polar surface area (TPSA) is 46.3 Å². The standard InChI is InChI=1S/C9H19N3O/c1-3-12(8-9(10)13)6-4-11(2)5-7-12/h3-8H2,1-2H3,(H-,10,13)/p+1. The Kier molecular flexibility index (Phi) is 3.27. The Morgan fingerprint density at radius 2 is 2.00 bits per heavy atom. The lowest BCUT2D eigenvalue weighted by atomic mass is 10.2. The monoisotopic (exact) mass is 186 g/mol. The zero-order chi connectivity index (χ0) is 9.90. The van der Waals surface area contributed by atoms with Gasteiger partial charge in [-0.15, -0.1) is 0 Å². The number of primary amides is 1. The molecule has 0 aromatic rings. The van der Waals surface area contributed by atoms with Gasteiger partial charge in [-0.3, -0.25) is 9.69 Å². The summed E-state index contributed by atoms with van der Waals surface area (Å²) in [6, 6.07) is 0. The van der Waals surface area contributed by atoms with Crippen LogP contribution >= 0.6 is 0 Å². The summed E-state index contributed by atoms with van der Waals surface area (Å²) in [6.45, 7) is 7.89. The van der Waals surface area contributed by atoms with Crippen molar-refractivity contribution in [3.8, 4) is 0 Å². The molecule has 0 spiro atoms. The Hall–Kier alpha value is -0.610. The second kappa shape index (κ2) is 4.07. The highest BCUT2D eigenvalue weighted by Gasteiger charge is 2.31. The van der Waals surface area contributed by atoms with Crippen LogP contribution in [0.4, 0.5) is 0 Å². The molecule has 1 amide bonds. The summed E-state index contributed by atoms with van der Waals surface area (Å²) >= 11 is 0. The quantitative estimate of drug-likeness (QED) is 0.590. The summed E-state index contributed by atoms with van der Waals surface area (Å²) in [5.41, 5.74) is 5.25. The van der Waals surface area contributed by atoms with Gasteiger partial charge in [-0.05, 0) is 14.0 Å². The summed E-state index contributed by atoms with van der Waals surface area (Å²) in [4.78, 5) is 13.2. The molecule has 0 radical (unpaired) electrons. The first-order valence-electron chi connectivity index (χ1n) is 4.90. The van der Waals surface area contributed by atoms with Crippen LogP contribution in [0.1, 0.15) is 6.92 Å². The molecule has 2 N–H and O–H groups in total. The molecule has 4 nitrogen and oxygen atoms in total. The van der Waals surface area contributed by atoms with E-state index < -0.39 is 0 Å². The van der Waals surface area contributed by atoms with Gasteiger partial charge in [-0.1, -0.05) is 0 Å². The first-order valence-corrected chi connectivity index (χ1v) is 4.90. The van der Waals surface area contributed by atoms with E-state index in [1.807, 2.05) is 0 Å². The number of nitrogens with zero attached hydrogens (tertiary/aromatic N) is 2. The lowest BCUT2D eigenvalue weighted by molar-refractivity contribution is -0.922. The highest BCUT2D eigenvalue weighted by molar-refractivity contribution is 5.74. The molecule has 0 unspecified atom stereocenters. The number of piperazine rings is 1. The van der Waals surface area contributed by atoms with E-state index in [4.69, 9.17) is 5.73 Å². The van der Waals surface area contributed by atoms with Crippen molar-refractivity contribution in [3.63, 3.8) is 0 Å². The minimum absolute atomic E-state index is 0.175. The predicted molar refractivity (Wildman–Crippen MR) is 52.1 cm³/mol. The number of amides is 1. The molecular weight excluding hydrogens is 166 g/mol. The molecule has 0 atom stereocenters. The van der Waals surface area contributed by atoms with E-state index in [9.17, 15) is 4.79 Å². The third kappa shape index (κ3) is 2.67. The lowest BCUT2D eigenvalue weighted by Gasteiger charge is -2.42. The van der Waals surface area contributed by atoms with Crippen LogP contribution in [-0.4, -0.2) is 61.6 Å². The van der Waals surface area contributed by atoms with Gasteiger partial charge in [0.25, 0.3) is 5.91 Å². The summed E-state index contributed by atoms with van der Waals surface area (Å²) in [5.74, 6) is -0.175. The number of carbonyl (C=O) groups excluding carboxylic acids is 1. The number of hydrogen-bond acceptors (Lipinski definition) is 2. The Balaban J connectivity index is 2.55. The normalized spacial score (nSPS) is 22.9. The van der Waals surface area contributed by atoms with Crippen LogP contribution in [-0.2, 0) is 4.79 Å². The fourth-order valence-corrected chi connectivity index (χ4v) is 1.91. The van der Waals surface area contributed by atoms with Gasteiger partial charge in [-0.2, -0.15) is 0 Å². The van der Waals surface area contributed by atoms with Crippen LogP contribution < -0.4 is 5.73 Å². The maximum atomic E-state index is 10.9. The lowest BCUT2D eigenvalue weighted by Crippen LogP contribution is -2.61. The van der Waals surface area contributed by atoms with Gasteiger partial charge in [0.15, 0.2) is 6.54 Å². The van der Waals surface area contributed by atoms with Crippen molar-refractivity contribution in [2.45, 2.75) is 6.92 Å². The molecule has 4 heteroatoms. The van der Waals surface area contributed by atoms with Crippen molar-refractivity contribution in [2.75, 3.05) is 46.3 Å². The average Bonchev–Trinajstić information content (AvgIpc) is 2.09. The molecule has 1 saturated heterocycles. The molecule has 0 aliphatic carbocycles. The summed E-state index contributed by atoms with van der Waals surface area (Å²) in [5, 5.41) is 0. The molecule has 0 aromatic carbocycles. The van der Waals surface area contributed by atoms with Gasteiger partial charge in [0, 0.05) is 13.1 Å². The van der Waals surface area contributed by atoms with E-state index in [0.29, 0.717) is 6.54 Å². The smallest absolute Gasteiger partial charge is 0.272 e. The third-order valence-corrected chi connectivity index (χ3v) is 3.07. The van der Waals surface area contributed by atoms with Gasteiger partial charge >= 0.3 is 0 Å². The van der Waals surface area contributed by atoms with Gasteiger partial charge in [-0.25, -0.2) is 0 Å². The van der Waals surface area contributed by atoms with E-state index in [2.05, 4.69) is 18.9 Å². The van der Waals surface area contributed by atoms with Crippen molar-refractivity contribution in [1.82, 2.24) is 4.90 Å². The zero-order valence-electron chi connectivity index (χ0n) is 8.62. The molecule has 1 aliphatic heterocycles. The van der Waals surface area contributed by atoms with Crippen molar-refractivity contribution < 1.29 is 9.28 Å². The van der Waals surface area contributed by atoms with Crippen molar-refractivity contribution in [3.05, 3.63) is 0 Å². The van der Waals surface area contributed by atoms with Gasteiger partial charge < -0.3 is 10.2 Å². The Morgan fingerprint density at radius 3 is 2.38 bits per heavy atom. The fraction of sp³-hybridized carbons (Fsp3) is 0.889. The van der Waals surface area contributed by atoms with E-state index in [-0.39, 0.29) is 5.91 Å². The minimum Gasteiger partial charge on any atom is -0.365 e. The predicted octanol–water partition coefficient (Wildman–Crippen LogP) is -0.746. The molecule has 0 aromatic heterocycles. The zero-order valence-corrected chi connectivity index (χ0v) is 8.62. The van der Waals surface area contributed by atoms with Crippen molar-refractivity contribution in [2.24, 2.45) is 5.73 Å². The molecule has 1 rings (SSSR count). The van der Waals surface area contributed by atoms with Gasteiger partial charge in [0.1, 0.15) is 0 Å². The van der Waals surface area contributed by atoms with Crippen LogP contribution in [0, 0.1) is 0 Å². The van der Waals surface area contributed by atoms with E-state index in [1.54, 1.807) is 0 Å². The van der Waals surface area contributed by atoms with Crippen LogP contribution in [0.15, 0.2) is 0 Å². The minimum atomic E-state index is -0.175. The maximum absolute atomic E-state index is 10.9. The first kappa shape index (κ1) is 10.5.